The minimum absolute atomic E-state index is 0.0148. The van der Waals surface area contributed by atoms with Crippen LogP contribution < -0.4 is 4.90 Å². The second-order valence-electron chi connectivity index (χ2n) is 3.71. The normalized spacial score (nSPS) is 16.9. The lowest BCUT2D eigenvalue weighted by Crippen LogP contribution is -2.52. The fraction of sp³-hybridized carbons (Fsp3) is 0.273. The van der Waals surface area contributed by atoms with E-state index in [1.54, 1.807) is 7.05 Å². The minimum atomic E-state index is -0.364. The van der Waals surface area contributed by atoms with Gasteiger partial charge in [-0.2, -0.15) is 0 Å². The van der Waals surface area contributed by atoms with E-state index in [1.807, 2.05) is 0 Å². The molecule has 0 bridgehead atoms. The second kappa shape index (κ2) is 3.92. The van der Waals surface area contributed by atoms with Gasteiger partial charge in [-0.1, -0.05) is 0 Å². The van der Waals surface area contributed by atoms with Crippen LogP contribution in [-0.2, 0) is 9.59 Å². The Labute approximate surface area is 92.3 Å². The van der Waals surface area contributed by atoms with Crippen LogP contribution >= 0.6 is 0 Å². The SMILES string of the molecule is CN1CC(=O)N(c2ccc(F)cc2)CC1=O. The number of anilines is 1. The number of rotatable bonds is 1. The average molecular weight is 222 g/mol. The summed E-state index contributed by atoms with van der Waals surface area (Å²) < 4.78 is 12.7. The summed E-state index contributed by atoms with van der Waals surface area (Å²) in [6.07, 6.45) is 0. The van der Waals surface area contributed by atoms with Crippen molar-refractivity contribution in [3.8, 4) is 0 Å². The lowest BCUT2D eigenvalue weighted by atomic mass is 10.2. The van der Waals surface area contributed by atoms with Gasteiger partial charge >= 0.3 is 0 Å². The molecule has 0 N–H and O–H groups in total. The van der Waals surface area contributed by atoms with Crippen LogP contribution in [0.1, 0.15) is 0 Å². The van der Waals surface area contributed by atoms with Gasteiger partial charge in [-0.15, -0.1) is 0 Å². The molecule has 5 heteroatoms. The summed E-state index contributed by atoms with van der Waals surface area (Å²) in [6, 6.07) is 5.52. The van der Waals surface area contributed by atoms with Crippen LogP contribution in [0.4, 0.5) is 10.1 Å². The number of carbonyl (C=O) groups is 2. The highest BCUT2D eigenvalue weighted by Crippen LogP contribution is 2.17. The van der Waals surface area contributed by atoms with Gasteiger partial charge in [0.1, 0.15) is 12.4 Å². The highest BCUT2D eigenvalue weighted by atomic mass is 19.1. The number of carbonyl (C=O) groups excluding carboxylic acids is 2. The Hall–Kier alpha value is -1.91. The molecule has 2 rings (SSSR count). The Morgan fingerprint density at radius 1 is 1.06 bits per heavy atom. The first-order valence-corrected chi connectivity index (χ1v) is 4.88. The third kappa shape index (κ3) is 1.88. The molecule has 0 saturated carbocycles. The fourth-order valence-corrected chi connectivity index (χ4v) is 1.58. The van der Waals surface area contributed by atoms with Crippen molar-refractivity contribution in [1.29, 1.82) is 0 Å². The number of nitrogens with zero attached hydrogens (tertiary/aromatic N) is 2. The molecule has 0 aromatic heterocycles. The van der Waals surface area contributed by atoms with Crippen LogP contribution in [0, 0.1) is 5.82 Å². The van der Waals surface area contributed by atoms with Crippen molar-refractivity contribution in [2.75, 3.05) is 25.0 Å². The lowest BCUT2D eigenvalue weighted by Gasteiger charge is -2.31. The largest absolute Gasteiger partial charge is 0.335 e. The Balaban J connectivity index is 2.24. The number of piperazine rings is 1. The van der Waals surface area contributed by atoms with Gasteiger partial charge in [0.25, 0.3) is 0 Å². The molecule has 1 heterocycles. The van der Waals surface area contributed by atoms with Gasteiger partial charge in [-0.25, -0.2) is 4.39 Å². The molecule has 1 aromatic carbocycles. The minimum Gasteiger partial charge on any atom is -0.335 e. The maximum absolute atomic E-state index is 12.7. The number of halogens is 1. The van der Waals surface area contributed by atoms with E-state index in [0.717, 1.165) is 0 Å². The molecule has 1 saturated heterocycles. The van der Waals surface area contributed by atoms with Gasteiger partial charge < -0.3 is 9.80 Å². The van der Waals surface area contributed by atoms with E-state index in [9.17, 15) is 14.0 Å². The summed E-state index contributed by atoms with van der Waals surface area (Å²) in [5, 5.41) is 0. The molecular weight excluding hydrogens is 211 g/mol. The molecule has 84 valence electrons. The van der Waals surface area contributed by atoms with E-state index in [2.05, 4.69) is 0 Å². The first-order valence-electron chi connectivity index (χ1n) is 4.88. The average Bonchev–Trinajstić information content (AvgIpc) is 2.25. The Bertz CT molecular complexity index is 430. The molecule has 0 radical (unpaired) electrons. The number of hydrogen-bond acceptors (Lipinski definition) is 2. The highest BCUT2D eigenvalue weighted by Gasteiger charge is 2.28. The molecule has 1 aliphatic heterocycles. The predicted molar refractivity (Wildman–Crippen MR) is 56.4 cm³/mol. The molecular formula is C11H11FN2O2. The monoisotopic (exact) mass is 222 g/mol. The molecule has 16 heavy (non-hydrogen) atoms. The van der Waals surface area contributed by atoms with Crippen molar-refractivity contribution >= 4 is 17.5 Å². The lowest BCUT2D eigenvalue weighted by molar-refractivity contribution is -0.136. The maximum atomic E-state index is 12.7. The Morgan fingerprint density at radius 2 is 1.69 bits per heavy atom. The summed E-state index contributed by atoms with van der Waals surface area (Å²) in [6.45, 7) is 0.0805. The van der Waals surface area contributed by atoms with E-state index >= 15 is 0 Å². The smallest absolute Gasteiger partial charge is 0.247 e. The summed E-state index contributed by atoms with van der Waals surface area (Å²) in [5.41, 5.74) is 0.549. The van der Waals surface area contributed by atoms with Gasteiger partial charge in [0.15, 0.2) is 0 Å². The van der Waals surface area contributed by atoms with Crippen LogP contribution in [-0.4, -0.2) is 36.9 Å². The van der Waals surface area contributed by atoms with E-state index < -0.39 is 0 Å². The van der Waals surface area contributed by atoms with Gasteiger partial charge in [0.05, 0.1) is 6.54 Å². The molecule has 0 aliphatic carbocycles. The molecule has 1 aromatic rings. The zero-order chi connectivity index (χ0) is 11.7. The van der Waals surface area contributed by atoms with E-state index in [4.69, 9.17) is 0 Å². The Kier molecular flexibility index (Phi) is 2.60. The summed E-state index contributed by atoms with van der Waals surface area (Å²) >= 11 is 0. The molecule has 1 fully saturated rings. The topological polar surface area (TPSA) is 40.6 Å². The van der Waals surface area contributed by atoms with Crippen LogP contribution in [0.25, 0.3) is 0 Å². The molecule has 0 unspecified atom stereocenters. The molecule has 0 spiro atoms. The van der Waals surface area contributed by atoms with Crippen molar-refractivity contribution in [3.63, 3.8) is 0 Å². The Morgan fingerprint density at radius 3 is 2.31 bits per heavy atom. The zero-order valence-corrected chi connectivity index (χ0v) is 8.81. The first kappa shape index (κ1) is 10.6. The maximum Gasteiger partial charge on any atom is 0.247 e. The van der Waals surface area contributed by atoms with Gasteiger partial charge in [-0.05, 0) is 24.3 Å². The standard InChI is InChI=1S/C11H11FN2O2/c1-13-6-11(16)14(7-10(13)15)9-4-2-8(12)3-5-9/h2-5H,6-7H2,1H3. The van der Waals surface area contributed by atoms with Crippen LogP contribution in [0.5, 0.6) is 0 Å². The van der Waals surface area contributed by atoms with Crippen molar-refractivity contribution in [1.82, 2.24) is 4.90 Å². The quantitative estimate of drug-likeness (QED) is 0.699. The van der Waals surface area contributed by atoms with Crippen LogP contribution in [0.3, 0.4) is 0 Å². The van der Waals surface area contributed by atoms with E-state index in [0.29, 0.717) is 5.69 Å². The molecule has 2 amide bonds. The third-order valence-electron chi connectivity index (χ3n) is 2.53. The van der Waals surface area contributed by atoms with Crippen molar-refractivity contribution < 1.29 is 14.0 Å². The van der Waals surface area contributed by atoms with Gasteiger partial charge in [0, 0.05) is 12.7 Å². The first-order chi connectivity index (χ1) is 7.58. The molecule has 0 atom stereocenters. The summed E-state index contributed by atoms with van der Waals surface area (Å²) in [5.74, 6) is -0.644. The highest BCUT2D eigenvalue weighted by molar-refractivity contribution is 6.04. The summed E-state index contributed by atoms with van der Waals surface area (Å²) in [4.78, 5) is 25.9. The van der Waals surface area contributed by atoms with Gasteiger partial charge in [-0.3, -0.25) is 9.59 Å². The zero-order valence-electron chi connectivity index (χ0n) is 8.81. The number of likely N-dealkylation sites (N-methyl/N-ethyl adjacent to an activating group) is 1. The fourth-order valence-electron chi connectivity index (χ4n) is 1.58. The van der Waals surface area contributed by atoms with E-state index in [1.165, 1.54) is 34.1 Å². The summed E-state index contributed by atoms with van der Waals surface area (Å²) in [7, 11) is 1.59. The number of amides is 2. The second-order valence-corrected chi connectivity index (χ2v) is 3.71. The van der Waals surface area contributed by atoms with Crippen molar-refractivity contribution in [3.05, 3.63) is 30.1 Å². The van der Waals surface area contributed by atoms with Crippen LogP contribution in [0.2, 0.25) is 0 Å². The predicted octanol–water partition coefficient (Wildman–Crippen LogP) is 0.631. The van der Waals surface area contributed by atoms with Crippen LogP contribution in [0.15, 0.2) is 24.3 Å². The van der Waals surface area contributed by atoms with Gasteiger partial charge in [0.2, 0.25) is 11.8 Å². The van der Waals surface area contributed by atoms with Crippen molar-refractivity contribution in [2.24, 2.45) is 0 Å². The molecule has 1 aliphatic rings. The van der Waals surface area contributed by atoms with Crippen molar-refractivity contribution in [2.45, 2.75) is 0 Å². The number of hydrogen-bond donors (Lipinski definition) is 0. The third-order valence-corrected chi connectivity index (χ3v) is 2.53. The number of benzene rings is 1. The van der Waals surface area contributed by atoms with E-state index in [-0.39, 0.29) is 30.7 Å². The molecule has 4 nitrogen and oxygen atoms in total.